The summed E-state index contributed by atoms with van der Waals surface area (Å²) in [6.07, 6.45) is 4.57. The first kappa shape index (κ1) is 10.6. The van der Waals surface area contributed by atoms with E-state index in [4.69, 9.17) is 0 Å². The monoisotopic (exact) mass is 230 g/mol. The molecule has 0 spiro atoms. The van der Waals surface area contributed by atoms with E-state index in [1.165, 1.54) is 12.8 Å². The summed E-state index contributed by atoms with van der Waals surface area (Å²) in [7, 11) is 0. The van der Waals surface area contributed by atoms with E-state index in [0.717, 1.165) is 24.1 Å². The van der Waals surface area contributed by atoms with E-state index >= 15 is 0 Å². The van der Waals surface area contributed by atoms with Gasteiger partial charge in [0.15, 0.2) is 5.65 Å². The number of aromatic nitrogens is 3. The van der Waals surface area contributed by atoms with Gasteiger partial charge in [-0.2, -0.15) is 4.98 Å². The van der Waals surface area contributed by atoms with E-state index in [-0.39, 0.29) is 0 Å². The van der Waals surface area contributed by atoms with Crippen molar-refractivity contribution in [3.63, 3.8) is 0 Å². The van der Waals surface area contributed by atoms with E-state index in [1.54, 1.807) is 4.52 Å². The Morgan fingerprint density at radius 1 is 1.41 bits per heavy atom. The summed E-state index contributed by atoms with van der Waals surface area (Å²) in [5, 5.41) is 7.77. The Labute approximate surface area is 101 Å². The molecule has 1 aliphatic rings. The maximum Gasteiger partial charge on any atom is 0.243 e. The smallest absolute Gasteiger partial charge is 0.243 e. The highest BCUT2D eigenvalue weighted by atomic mass is 15.3. The van der Waals surface area contributed by atoms with Gasteiger partial charge in [-0.3, -0.25) is 0 Å². The molecule has 4 heteroatoms. The predicted molar refractivity (Wildman–Crippen MR) is 68.0 cm³/mol. The summed E-state index contributed by atoms with van der Waals surface area (Å²) in [4.78, 5) is 4.44. The Balaban J connectivity index is 1.73. The molecule has 0 unspecified atom stereocenters. The van der Waals surface area contributed by atoms with Crippen molar-refractivity contribution in [3.05, 3.63) is 24.4 Å². The van der Waals surface area contributed by atoms with E-state index in [0.29, 0.717) is 5.41 Å². The van der Waals surface area contributed by atoms with Gasteiger partial charge in [0.2, 0.25) is 5.95 Å². The molecule has 0 amide bonds. The summed E-state index contributed by atoms with van der Waals surface area (Å²) in [5.41, 5.74) is 1.38. The van der Waals surface area contributed by atoms with Crippen LogP contribution in [0.15, 0.2) is 24.4 Å². The van der Waals surface area contributed by atoms with E-state index in [1.807, 2.05) is 24.4 Å². The highest BCUT2D eigenvalue weighted by Gasteiger charge is 2.45. The molecule has 0 bridgehead atoms. The molecule has 1 saturated carbocycles. The van der Waals surface area contributed by atoms with Crippen LogP contribution in [-0.4, -0.2) is 21.1 Å². The molecule has 1 N–H and O–H groups in total. The number of pyridine rings is 1. The fourth-order valence-electron chi connectivity index (χ4n) is 2.28. The number of nitrogens with one attached hydrogen (secondary N) is 1. The highest BCUT2D eigenvalue weighted by Crippen LogP contribution is 2.51. The van der Waals surface area contributed by atoms with Gasteiger partial charge in [-0.1, -0.05) is 19.9 Å². The summed E-state index contributed by atoms with van der Waals surface area (Å²) >= 11 is 0. The van der Waals surface area contributed by atoms with Gasteiger partial charge in [-0.05, 0) is 36.3 Å². The average molecular weight is 230 g/mol. The van der Waals surface area contributed by atoms with Crippen LogP contribution in [0.1, 0.15) is 26.7 Å². The van der Waals surface area contributed by atoms with Crippen molar-refractivity contribution in [1.29, 1.82) is 0 Å². The third-order valence-corrected chi connectivity index (χ3v) is 3.96. The Kier molecular flexibility index (Phi) is 2.31. The fourth-order valence-corrected chi connectivity index (χ4v) is 2.28. The van der Waals surface area contributed by atoms with Gasteiger partial charge in [0.1, 0.15) is 0 Å². The minimum absolute atomic E-state index is 0.484. The lowest BCUT2D eigenvalue weighted by molar-refractivity contribution is 0.379. The van der Waals surface area contributed by atoms with Gasteiger partial charge in [-0.15, -0.1) is 5.10 Å². The zero-order valence-electron chi connectivity index (χ0n) is 10.3. The molecule has 0 saturated heterocycles. The standard InChI is InChI=1S/C13H18N4/c1-10(2)13(6-7-13)9-14-12-15-11-5-3-4-8-17(11)16-12/h3-5,8,10H,6-7,9H2,1-2H3,(H,14,16). The molecule has 0 atom stereocenters. The molecule has 2 aromatic heterocycles. The average Bonchev–Trinajstić information content (AvgIpc) is 3.00. The number of hydrogen-bond acceptors (Lipinski definition) is 3. The molecule has 17 heavy (non-hydrogen) atoms. The molecular weight excluding hydrogens is 212 g/mol. The largest absolute Gasteiger partial charge is 0.352 e. The third-order valence-electron chi connectivity index (χ3n) is 3.96. The second-order valence-electron chi connectivity index (χ2n) is 5.31. The summed E-state index contributed by atoms with van der Waals surface area (Å²) in [6.45, 7) is 5.58. The molecule has 4 nitrogen and oxygen atoms in total. The Hall–Kier alpha value is -1.58. The molecule has 0 aromatic carbocycles. The maximum absolute atomic E-state index is 4.44. The van der Waals surface area contributed by atoms with Gasteiger partial charge >= 0.3 is 0 Å². The number of fused-ring (bicyclic) bond motifs is 1. The zero-order valence-corrected chi connectivity index (χ0v) is 10.3. The quantitative estimate of drug-likeness (QED) is 0.877. The van der Waals surface area contributed by atoms with Crippen LogP contribution in [0.3, 0.4) is 0 Å². The number of rotatable bonds is 4. The lowest BCUT2D eigenvalue weighted by Crippen LogP contribution is -2.21. The van der Waals surface area contributed by atoms with Crippen LogP contribution < -0.4 is 5.32 Å². The number of anilines is 1. The number of nitrogens with zero attached hydrogens (tertiary/aromatic N) is 3. The van der Waals surface area contributed by atoms with Crippen LogP contribution in [0, 0.1) is 11.3 Å². The number of hydrogen-bond donors (Lipinski definition) is 1. The van der Waals surface area contributed by atoms with Gasteiger partial charge in [0, 0.05) is 12.7 Å². The molecule has 90 valence electrons. The SMILES string of the molecule is CC(C)C1(CNc2nc3ccccn3n2)CC1. The van der Waals surface area contributed by atoms with Crippen molar-refractivity contribution in [1.82, 2.24) is 14.6 Å². The molecule has 3 rings (SSSR count). The van der Waals surface area contributed by atoms with Crippen molar-refractivity contribution in [2.45, 2.75) is 26.7 Å². The second-order valence-corrected chi connectivity index (χ2v) is 5.31. The molecular formula is C13H18N4. The first-order valence-electron chi connectivity index (χ1n) is 6.25. The zero-order chi connectivity index (χ0) is 11.9. The minimum atomic E-state index is 0.484. The van der Waals surface area contributed by atoms with Crippen LogP contribution in [0.25, 0.3) is 5.65 Å². The van der Waals surface area contributed by atoms with Crippen LogP contribution in [0.2, 0.25) is 0 Å². The maximum atomic E-state index is 4.44. The van der Waals surface area contributed by atoms with Gasteiger partial charge < -0.3 is 5.32 Å². The Bertz CT molecular complexity index is 492. The fraction of sp³-hybridized carbons (Fsp3) is 0.538. The van der Waals surface area contributed by atoms with Crippen LogP contribution in [-0.2, 0) is 0 Å². The van der Waals surface area contributed by atoms with Crippen molar-refractivity contribution >= 4 is 11.6 Å². The highest BCUT2D eigenvalue weighted by molar-refractivity contribution is 5.43. The Morgan fingerprint density at radius 2 is 2.24 bits per heavy atom. The van der Waals surface area contributed by atoms with Crippen LogP contribution in [0.4, 0.5) is 5.95 Å². The first-order valence-corrected chi connectivity index (χ1v) is 6.25. The van der Waals surface area contributed by atoms with Crippen LogP contribution in [0.5, 0.6) is 0 Å². The van der Waals surface area contributed by atoms with Crippen molar-refractivity contribution in [2.75, 3.05) is 11.9 Å². The lowest BCUT2D eigenvalue weighted by Gasteiger charge is -2.19. The minimum Gasteiger partial charge on any atom is -0.352 e. The lowest BCUT2D eigenvalue weighted by atomic mass is 9.92. The normalized spacial score (nSPS) is 17.6. The molecule has 2 aromatic rings. The van der Waals surface area contributed by atoms with Crippen molar-refractivity contribution in [3.8, 4) is 0 Å². The van der Waals surface area contributed by atoms with Crippen LogP contribution >= 0.6 is 0 Å². The molecule has 0 radical (unpaired) electrons. The van der Waals surface area contributed by atoms with E-state index in [2.05, 4.69) is 29.2 Å². The molecule has 1 fully saturated rings. The summed E-state index contributed by atoms with van der Waals surface area (Å²) in [6, 6.07) is 5.90. The van der Waals surface area contributed by atoms with Gasteiger partial charge in [0.05, 0.1) is 0 Å². The molecule has 0 aliphatic heterocycles. The molecule has 2 heterocycles. The topological polar surface area (TPSA) is 42.2 Å². The third kappa shape index (κ3) is 1.88. The van der Waals surface area contributed by atoms with Gasteiger partial charge in [-0.25, -0.2) is 4.52 Å². The summed E-state index contributed by atoms with van der Waals surface area (Å²) in [5.74, 6) is 1.47. The van der Waals surface area contributed by atoms with Crippen molar-refractivity contribution in [2.24, 2.45) is 11.3 Å². The first-order chi connectivity index (χ1) is 8.20. The predicted octanol–water partition coefficient (Wildman–Crippen LogP) is 2.58. The molecule has 1 aliphatic carbocycles. The second kappa shape index (κ2) is 3.72. The van der Waals surface area contributed by atoms with Crippen molar-refractivity contribution < 1.29 is 0 Å². The van der Waals surface area contributed by atoms with Gasteiger partial charge in [0.25, 0.3) is 0 Å². The summed E-state index contributed by atoms with van der Waals surface area (Å²) < 4.78 is 1.80. The van der Waals surface area contributed by atoms with E-state index in [9.17, 15) is 0 Å². The van der Waals surface area contributed by atoms with E-state index < -0.39 is 0 Å². The Morgan fingerprint density at radius 3 is 2.88 bits per heavy atom.